The Kier molecular flexibility index (Phi) is 3.67. The summed E-state index contributed by atoms with van der Waals surface area (Å²) in [4.78, 5) is 13.4. The molecule has 4 nitrogen and oxygen atoms in total. The molecule has 1 amide bonds. The van der Waals surface area contributed by atoms with Gasteiger partial charge in [-0.2, -0.15) is 0 Å². The van der Waals surface area contributed by atoms with Crippen molar-refractivity contribution in [3.8, 4) is 0 Å². The Morgan fingerprint density at radius 1 is 1.44 bits per heavy atom. The number of carbonyl (C=O) groups excluding carboxylic acids is 1. The second-order valence-corrected chi connectivity index (χ2v) is 4.68. The molecule has 0 saturated carbocycles. The fraction of sp³-hybridized carbons (Fsp3) is 0.357. The van der Waals surface area contributed by atoms with E-state index in [4.69, 9.17) is 10.2 Å². The second kappa shape index (κ2) is 5.23. The van der Waals surface area contributed by atoms with Gasteiger partial charge in [0.2, 0.25) is 5.91 Å². The number of hydrogen-bond acceptors (Lipinski definition) is 3. The summed E-state index contributed by atoms with van der Waals surface area (Å²) >= 11 is 0. The summed E-state index contributed by atoms with van der Waals surface area (Å²) in [7, 11) is 1.76. The van der Waals surface area contributed by atoms with Crippen LogP contribution in [0.5, 0.6) is 0 Å². The Bertz CT molecular complexity index is 512. The molecular weight excluding hydrogens is 228 g/mol. The van der Waals surface area contributed by atoms with Crippen LogP contribution < -0.4 is 5.73 Å². The van der Waals surface area contributed by atoms with Crippen LogP contribution in [0.2, 0.25) is 0 Å². The summed E-state index contributed by atoms with van der Waals surface area (Å²) in [5.74, 6) is 0.821. The smallest absolute Gasteiger partial charge is 0.224 e. The van der Waals surface area contributed by atoms with Crippen LogP contribution in [-0.2, 0) is 11.3 Å². The zero-order valence-electron chi connectivity index (χ0n) is 10.7. The summed E-state index contributed by atoms with van der Waals surface area (Å²) in [6.45, 7) is 2.30. The first-order chi connectivity index (χ1) is 8.56. The number of rotatable bonds is 4. The average Bonchev–Trinajstić information content (AvgIpc) is 2.69. The van der Waals surface area contributed by atoms with Crippen LogP contribution in [0.15, 0.2) is 34.7 Å². The minimum atomic E-state index is -0.115. The van der Waals surface area contributed by atoms with E-state index in [2.05, 4.69) is 0 Å². The lowest BCUT2D eigenvalue weighted by molar-refractivity contribution is -0.130. The topological polar surface area (TPSA) is 59.5 Å². The molecule has 1 heterocycles. The molecule has 0 spiro atoms. The highest BCUT2D eigenvalue weighted by Crippen LogP contribution is 2.19. The lowest BCUT2D eigenvalue weighted by Gasteiger charge is -2.16. The van der Waals surface area contributed by atoms with Gasteiger partial charge in [0.25, 0.3) is 0 Å². The fourth-order valence-electron chi connectivity index (χ4n) is 1.87. The van der Waals surface area contributed by atoms with Gasteiger partial charge in [-0.1, -0.05) is 18.2 Å². The van der Waals surface area contributed by atoms with E-state index in [1.807, 2.05) is 37.3 Å². The van der Waals surface area contributed by atoms with Gasteiger partial charge in [-0.05, 0) is 19.1 Å². The number of nitrogens with zero attached hydrogens (tertiary/aromatic N) is 1. The van der Waals surface area contributed by atoms with Crippen molar-refractivity contribution in [3.63, 3.8) is 0 Å². The minimum absolute atomic E-state index is 0.0328. The molecule has 1 aromatic carbocycles. The van der Waals surface area contributed by atoms with Crippen molar-refractivity contribution in [3.05, 3.63) is 36.1 Å². The number of fused-ring (bicyclic) bond motifs is 1. The molecule has 2 rings (SSSR count). The Labute approximate surface area is 106 Å². The molecule has 0 aliphatic rings. The van der Waals surface area contributed by atoms with Crippen molar-refractivity contribution in [2.45, 2.75) is 25.9 Å². The lowest BCUT2D eigenvalue weighted by Crippen LogP contribution is -2.31. The largest absolute Gasteiger partial charge is 0.459 e. The average molecular weight is 246 g/mol. The first kappa shape index (κ1) is 12.6. The second-order valence-electron chi connectivity index (χ2n) is 4.68. The Morgan fingerprint density at radius 3 is 2.83 bits per heavy atom. The van der Waals surface area contributed by atoms with Crippen molar-refractivity contribution < 1.29 is 9.21 Å². The molecule has 0 saturated heterocycles. The molecule has 2 N–H and O–H groups in total. The Morgan fingerprint density at radius 2 is 2.17 bits per heavy atom. The summed E-state index contributed by atoms with van der Waals surface area (Å²) in [5, 5.41) is 1.06. The molecule has 0 aliphatic carbocycles. The molecule has 0 aliphatic heterocycles. The normalized spacial score (nSPS) is 12.6. The predicted octanol–water partition coefficient (Wildman–Crippen LogP) is 2.13. The van der Waals surface area contributed by atoms with Crippen molar-refractivity contribution in [2.24, 2.45) is 5.73 Å². The van der Waals surface area contributed by atoms with Gasteiger partial charge >= 0.3 is 0 Å². The third-order valence-corrected chi connectivity index (χ3v) is 2.79. The van der Waals surface area contributed by atoms with E-state index in [1.54, 1.807) is 11.9 Å². The maximum absolute atomic E-state index is 11.8. The van der Waals surface area contributed by atoms with Crippen LogP contribution in [0.25, 0.3) is 11.0 Å². The highest BCUT2D eigenvalue weighted by molar-refractivity contribution is 5.78. The molecule has 4 heteroatoms. The fourth-order valence-corrected chi connectivity index (χ4v) is 1.87. The van der Waals surface area contributed by atoms with Gasteiger partial charge in [-0.3, -0.25) is 4.79 Å². The molecule has 1 unspecified atom stereocenters. The zero-order valence-corrected chi connectivity index (χ0v) is 10.7. The van der Waals surface area contributed by atoms with Crippen LogP contribution in [0.1, 0.15) is 19.1 Å². The van der Waals surface area contributed by atoms with E-state index < -0.39 is 0 Å². The van der Waals surface area contributed by atoms with Gasteiger partial charge in [-0.15, -0.1) is 0 Å². The number of hydrogen-bond donors (Lipinski definition) is 1. The monoisotopic (exact) mass is 246 g/mol. The van der Waals surface area contributed by atoms with Crippen LogP contribution in [-0.4, -0.2) is 23.9 Å². The molecular formula is C14H18N2O2. The molecule has 1 atom stereocenters. The van der Waals surface area contributed by atoms with Gasteiger partial charge in [0.05, 0.1) is 6.54 Å². The van der Waals surface area contributed by atoms with Gasteiger partial charge in [0.15, 0.2) is 0 Å². The van der Waals surface area contributed by atoms with Crippen LogP contribution in [0, 0.1) is 0 Å². The molecule has 1 aromatic heterocycles. The molecule has 2 aromatic rings. The molecule has 0 radical (unpaired) electrons. The van der Waals surface area contributed by atoms with E-state index in [-0.39, 0.29) is 11.9 Å². The standard InChI is InChI=1S/C14H18N2O2/c1-10(15)7-14(17)16(2)9-12-8-11-5-3-4-6-13(11)18-12/h3-6,8,10H,7,9,15H2,1-2H3. The van der Waals surface area contributed by atoms with Crippen LogP contribution in [0.4, 0.5) is 0 Å². The van der Waals surface area contributed by atoms with Crippen LogP contribution in [0.3, 0.4) is 0 Å². The minimum Gasteiger partial charge on any atom is -0.459 e. The SMILES string of the molecule is CC(N)CC(=O)N(C)Cc1cc2ccccc2o1. The summed E-state index contributed by atoms with van der Waals surface area (Å²) < 4.78 is 5.67. The number of benzene rings is 1. The first-order valence-corrected chi connectivity index (χ1v) is 6.03. The number of amides is 1. The third kappa shape index (κ3) is 2.90. The molecule has 96 valence electrons. The number of furan rings is 1. The Hall–Kier alpha value is -1.81. The maximum atomic E-state index is 11.8. The molecule has 0 bridgehead atoms. The lowest BCUT2D eigenvalue weighted by atomic mass is 10.2. The number of para-hydroxylation sites is 1. The quantitative estimate of drug-likeness (QED) is 0.899. The van der Waals surface area contributed by atoms with Crippen molar-refractivity contribution >= 4 is 16.9 Å². The van der Waals surface area contributed by atoms with Crippen molar-refractivity contribution in [2.75, 3.05) is 7.05 Å². The summed E-state index contributed by atoms with van der Waals surface area (Å²) in [5.41, 5.74) is 6.46. The molecule has 0 fully saturated rings. The predicted molar refractivity (Wildman–Crippen MR) is 71.0 cm³/mol. The van der Waals surface area contributed by atoms with Crippen LogP contribution >= 0.6 is 0 Å². The maximum Gasteiger partial charge on any atom is 0.224 e. The highest BCUT2D eigenvalue weighted by atomic mass is 16.3. The van der Waals surface area contributed by atoms with E-state index in [9.17, 15) is 4.79 Å². The van der Waals surface area contributed by atoms with E-state index >= 15 is 0 Å². The summed E-state index contributed by atoms with van der Waals surface area (Å²) in [6, 6.07) is 9.66. The highest BCUT2D eigenvalue weighted by Gasteiger charge is 2.13. The zero-order chi connectivity index (χ0) is 13.1. The van der Waals surface area contributed by atoms with E-state index in [0.29, 0.717) is 13.0 Å². The van der Waals surface area contributed by atoms with Gasteiger partial charge in [0.1, 0.15) is 11.3 Å². The molecule has 18 heavy (non-hydrogen) atoms. The van der Waals surface area contributed by atoms with Crippen molar-refractivity contribution in [1.82, 2.24) is 4.90 Å². The van der Waals surface area contributed by atoms with E-state index in [0.717, 1.165) is 16.7 Å². The first-order valence-electron chi connectivity index (χ1n) is 6.03. The van der Waals surface area contributed by atoms with Gasteiger partial charge < -0.3 is 15.1 Å². The number of carbonyl (C=O) groups is 1. The summed E-state index contributed by atoms with van der Waals surface area (Å²) in [6.07, 6.45) is 0.358. The Balaban J connectivity index is 2.06. The van der Waals surface area contributed by atoms with Gasteiger partial charge in [-0.25, -0.2) is 0 Å². The number of nitrogens with two attached hydrogens (primary N) is 1. The van der Waals surface area contributed by atoms with Crippen molar-refractivity contribution in [1.29, 1.82) is 0 Å². The van der Waals surface area contributed by atoms with E-state index in [1.165, 1.54) is 0 Å². The third-order valence-electron chi connectivity index (χ3n) is 2.79. The van der Waals surface area contributed by atoms with Gasteiger partial charge in [0, 0.05) is 24.9 Å².